The summed E-state index contributed by atoms with van der Waals surface area (Å²) >= 11 is 0. The molecule has 0 spiro atoms. The highest BCUT2D eigenvalue weighted by Gasteiger charge is 2.25. The van der Waals surface area contributed by atoms with Crippen LogP contribution < -0.4 is 10.1 Å². The van der Waals surface area contributed by atoms with Crippen molar-refractivity contribution in [1.82, 2.24) is 15.1 Å². The van der Waals surface area contributed by atoms with Crippen LogP contribution >= 0.6 is 0 Å². The Morgan fingerprint density at radius 1 is 1.50 bits per heavy atom. The number of amides is 1. The first-order valence-electron chi connectivity index (χ1n) is 7.47. The van der Waals surface area contributed by atoms with Gasteiger partial charge in [0.05, 0.1) is 13.7 Å². The van der Waals surface area contributed by atoms with E-state index in [0.717, 1.165) is 25.1 Å². The van der Waals surface area contributed by atoms with E-state index in [-0.39, 0.29) is 11.7 Å². The molecule has 1 atom stereocenters. The number of carbonyl (C=O) groups excluding carboxylic acids is 1. The molecule has 0 bridgehead atoms. The predicted octanol–water partition coefficient (Wildman–Crippen LogP) is 1.09. The van der Waals surface area contributed by atoms with Crippen LogP contribution in [0, 0.1) is 5.82 Å². The van der Waals surface area contributed by atoms with Gasteiger partial charge >= 0.3 is 0 Å². The van der Waals surface area contributed by atoms with Crippen LogP contribution in [-0.4, -0.2) is 62.6 Å². The second-order valence-electron chi connectivity index (χ2n) is 5.89. The monoisotopic (exact) mass is 309 g/mol. The maximum Gasteiger partial charge on any atom is 0.234 e. The molecule has 2 rings (SSSR count). The average Bonchev–Trinajstić information content (AvgIpc) is 2.94. The van der Waals surface area contributed by atoms with Crippen molar-refractivity contribution in [3.05, 3.63) is 29.6 Å². The molecule has 0 radical (unpaired) electrons. The summed E-state index contributed by atoms with van der Waals surface area (Å²) in [4.78, 5) is 16.3. The minimum atomic E-state index is -0.414. The molecule has 1 fully saturated rings. The fourth-order valence-electron chi connectivity index (χ4n) is 2.66. The lowest BCUT2D eigenvalue weighted by atomic mass is 10.2. The number of methoxy groups -OCH3 is 1. The summed E-state index contributed by atoms with van der Waals surface area (Å²) < 4.78 is 18.4. The molecule has 1 N–H and O–H groups in total. The zero-order valence-corrected chi connectivity index (χ0v) is 13.4. The summed E-state index contributed by atoms with van der Waals surface area (Å²) in [6.07, 6.45) is 1.09. The van der Waals surface area contributed by atoms with Gasteiger partial charge in [-0.2, -0.15) is 0 Å². The molecule has 0 saturated carbocycles. The number of likely N-dealkylation sites (tertiary alicyclic amines) is 1. The maximum atomic E-state index is 13.6. The summed E-state index contributed by atoms with van der Waals surface area (Å²) in [5, 5.41) is 2.83. The molecule has 1 saturated heterocycles. The number of nitrogens with zero attached hydrogens (tertiary/aromatic N) is 2. The molecule has 22 heavy (non-hydrogen) atoms. The van der Waals surface area contributed by atoms with E-state index < -0.39 is 5.82 Å². The van der Waals surface area contributed by atoms with Gasteiger partial charge in [-0.3, -0.25) is 9.69 Å². The van der Waals surface area contributed by atoms with Gasteiger partial charge in [0.1, 0.15) is 0 Å². The van der Waals surface area contributed by atoms with Crippen LogP contribution in [0.3, 0.4) is 0 Å². The average molecular weight is 309 g/mol. The summed E-state index contributed by atoms with van der Waals surface area (Å²) in [6, 6.07) is 5.22. The highest BCUT2D eigenvalue weighted by atomic mass is 19.1. The molecule has 6 heteroatoms. The first-order chi connectivity index (χ1) is 10.5. The maximum absolute atomic E-state index is 13.6. The molecule has 0 aliphatic carbocycles. The highest BCUT2D eigenvalue weighted by Crippen LogP contribution is 2.17. The molecule has 122 valence electrons. The van der Waals surface area contributed by atoms with Crippen molar-refractivity contribution in [2.75, 3.05) is 40.8 Å². The van der Waals surface area contributed by atoms with Crippen LogP contribution in [0.15, 0.2) is 18.2 Å². The van der Waals surface area contributed by atoms with Crippen molar-refractivity contribution >= 4 is 5.91 Å². The largest absolute Gasteiger partial charge is 0.494 e. The van der Waals surface area contributed by atoms with Crippen LogP contribution in [-0.2, 0) is 11.3 Å². The number of hydrogen-bond donors (Lipinski definition) is 1. The quantitative estimate of drug-likeness (QED) is 0.854. The minimum Gasteiger partial charge on any atom is -0.494 e. The van der Waals surface area contributed by atoms with Crippen molar-refractivity contribution in [3.8, 4) is 5.75 Å². The number of likely N-dealkylation sites (N-methyl/N-ethyl adjacent to an activating group) is 1. The molecule has 1 aliphatic rings. The van der Waals surface area contributed by atoms with E-state index in [4.69, 9.17) is 4.74 Å². The van der Waals surface area contributed by atoms with Gasteiger partial charge in [0.2, 0.25) is 5.91 Å². The second kappa shape index (κ2) is 7.56. The molecular weight excluding hydrogens is 285 g/mol. The van der Waals surface area contributed by atoms with Gasteiger partial charge in [-0.25, -0.2) is 4.39 Å². The zero-order chi connectivity index (χ0) is 16.1. The summed E-state index contributed by atoms with van der Waals surface area (Å²) in [5.74, 6) is -0.236. The highest BCUT2D eigenvalue weighted by molar-refractivity contribution is 5.78. The third-order valence-electron chi connectivity index (χ3n) is 4.05. The lowest BCUT2D eigenvalue weighted by Crippen LogP contribution is -2.38. The van der Waals surface area contributed by atoms with Crippen molar-refractivity contribution in [3.63, 3.8) is 0 Å². The smallest absolute Gasteiger partial charge is 0.234 e. The second-order valence-corrected chi connectivity index (χ2v) is 5.89. The Bertz CT molecular complexity index is 522. The molecule has 1 unspecified atom stereocenters. The van der Waals surface area contributed by atoms with Gasteiger partial charge in [0.25, 0.3) is 0 Å². The summed E-state index contributed by atoms with van der Waals surface area (Å²) in [7, 11) is 5.55. The topological polar surface area (TPSA) is 44.8 Å². The van der Waals surface area contributed by atoms with Crippen molar-refractivity contribution < 1.29 is 13.9 Å². The number of hydrogen-bond acceptors (Lipinski definition) is 4. The number of carbonyl (C=O) groups is 1. The molecule has 1 aromatic rings. The Morgan fingerprint density at radius 2 is 2.27 bits per heavy atom. The van der Waals surface area contributed by atoms with Gasteiger partial charge in [-0.05, 0) is 38.2 Å². The number of ether oxygens (including phenoxy) is 1. The molecular formula is C16H24FN3O2. The van der Waals surface area contributed by atoms with E-state index in [9.17, 15) is 9.18 Å². The van der Waals surface area contributed by atoms with E-state index in [1.807, 2.05) is 0 Å². The van der Waals surface area contributed by atoms with Crippen LogP contribution in [0.2, 0.25) is 0 Å². The number of nitrogens with one attached hydrogen (secondary N) is 1. The van der Waals surface area contributed by atoms with Crippen molar-refractivity contribution in [1.29, 1.82) is 0 Å². The van der Waals surface area contributed by atoms with Crippen molar-refractivity contribution in [2.45, 2.75) is 19.0 Å². The Balaban J connectivity index is 1.77. The summed E-state index contributed by atoms with van der Waals surface area (Å²) in [5.41, 5.74) is 0.722. The van der Waals surface area contributed by atoms with Crippen molar-refractivity contribution in [2.24, 2.45) is 0 Å². The first-order valence-corrected chi connectivity index (χ1v) is 7.47. The zero-order valence-electron chi connectivity index (χ0n) is 13.4. The van der Waals surface area contributed by atoms with Gasteiger partial charge < -0.3 is 15.0 Å². The SMILES string of the molecule is COc1ccc(CNC(=O)CN2CCC(N(C)C)C2)cc1F. The lowest BCUT2D eigenvalue weighted by molar-refractivity contribution is -0.122. The van der Waals surface area contributed by atoms with E-state index in [1.54, 1.807) is 12.1 Å². The Hall–Kier alpha value is -1.66. The molecule has 1 amide bonds. The summed E-state index contributed by atoms with van der Waals surface area (Å²) in [6.45, 7) is 2.57. The van der Waals surface area contributed by atoms with Crippen LogP contribution in [0.4, 0.5) is 4.39 Å². The van der Waals surface area contributed by atoms with Gasteiger partial charge in [0, 0.05) is 25.7 Å². The fraction of sp³-hybridized carbons (Fsp3) is 0.562. The van der Waals surface area contributed by atoms with Crippen LogP contribution in [0.25, 0.3) is 0 Å². The Morgan fingerprint density at radius 3 is 2.86 bits per heavy atom. The number of benzene rings is 1. The van der Waals surface area contributed by atoms with E-state index in [2.05, 4.69) is 29.2 Å². The minimum absolute atomic E-state index is 0.0318. The van der Waals surface area contributed by atoms with E-state index >= 15 is 0 Å². The Kier molecular flexibility index (Phi) is 5.74. The molecule has 5 nitrogen and oxygen atoms in total. The molecule has 1 aliphatic heterocycles. The lowest BCUT2D eigenvalue weighted by Gasteiger charge is -2.20. The van der Waals surface area contributed by atoms with E-state index in [0.29, 0.717) is 19.1 Å². The van der Waals surface area contributed by atoms with Crippen LogP contribution in [0.5, 0.6) is 5.75 Å². The molecule has 1 aromatic carbocycles. The third kappa shape index (κ3) is 4.42. The molecule has 0 aromatic heterocycles. The third-order valence-corrected chi connectivity index (χ3v) is 4.05. The Labute approximate surface area is 131 Å². The number of halogens is 1. The molecule has 1 heterocycles. The van der Waals surface area contributed by atoms with E-state index in [1.165, 1.54) is 13.2 Å². The predicted molar refractivity (Wildman–Crippen MR) is 83.3 cm³/mol. The van der Waals surface area contributed by atoms with Gasteiger partial charge in [-0.15, -0.1) is 0 Å². The van der Waals surface area contributed by atoms with Crippen LogP contribution in [0.1, 0.15) is 12.0 Å². The standard InChI is InChI=1S/C16H24FN3O2/c1-19(2)13-6-7-20(10-13)11-16(21)18-9-12-4-5-15(22-3)14(17)8-12/h4-5,8,13H,6-7,9-11H2,1-3H3,(H,18,21). The van der Waals surface area contributed by atoms with Gasteiger partial charge in [0.15, 0.2) is 11.6 Å². The fourth-order valence-corrected chi connectivity index (χ4v) is 2.66. The first kappa shape index (κ1) is 16.7. The normalized spacial score (nSPS) is 18.7. The van der Waals surface area contributed by atoms with Gasteiger partial charge in [-0.1, -0.05) is 6.07 Å². The number of rotatable bonds is 6.